The first-order valence-corrected chi connectivity index (χ1v) is 9.03. The molecule has 4 rings (SSSR count). The summed E-state index contributed by atoms with van der Waals surface area (Å²) in [4.78, 5) is 19.2. The van der Waals surface area contributed by atoms with E-state index in [1.165, 1.54) is 22.2 Å². The summed E-state index contributed by atoms with van der Waals surface area (Å²) in [5.74, 6) is 0.634. The van der Waals surface area contributed by atoms with E-state index in [1.54, 1.807) is 13.0 Å². The molecule has 6 heteroatoms. The first-order chi connectivity index (χ1) is 12.5. The van der Waals surface area contributed by atoms with Crippen LogP contribution in [0.15, 0.2) is 46.3 Å². The molecule has 130 valence electrons. The molecule has 0 aliphatic rings. The minimum atomic E-state index is -0.190. The number of hydrogen-bond donors (Lipinski definition) is 1. The molecule has 0 radical (unpaired) electrons. The van der Waals surface area contributed by atoms with Gasteiger partial charge in [-0.3, -0.25) is 4.79 Å². The van der Waals surface area contributed by atoms with E-state index < -0.39 is 0 Å². The number of nitrogens with zero attached hydrogens (tertiary/aromatic N) is 3. The fraction of sp³-hybridized carbons (Fsp3) is 0.150. The Kier molecular flexibility index (Phi) is 3.85. The highest BCUT2D eigenvalue weighted by Gasteiger charge is 2.14. The van der Waals surface area contributed by atoms with E-state index in [-0.39, 0.29) is 11.3 Å². The van der Waals surface area contributed by atoms with Gasteiger partial charge in [0.25, 0.3) is 5.56 Å². The second kappa shape index (κ2) is 6.07. The van der Waals surface area contributed by atoms with Crippen molar-refractivity contribution in [1.29, 1.82) is 0 Å². The smallest absolute Gasteiger partial charge is 0.283 e. The van der Waals surface area contributed by atoms with Gasteiger partial charge in [-0.2, -0.15) is 9.78 Å². The maximum atomic E-state index is 12.9. The molecular weight excluding hydrogens is 346 g/mol. The molecule has 2 aromatic heterocycles. The van der Waals surface area contributed by atoms with Gasteiger partial charge in [0.05, 0.1) is 11.6 Å². The highest BCUT2D eigenvalue weighted by Crippen LogP contribution is 2.27. The summed E-state index contributed by atoms with van der Waals surface area (Å²) in [7, 11) is 0. The number of thiophene rings is 1. The largest absolute Gasteiger partial charge is 0.507 e. The third kappa shape index (κ3) is 2.50. The molecule has 0 bridgehead atoms. The van der Waals surface area contributed by atoms with Crippen LogP contribution in [0.4, 0.5) is 0 Å². The van der Waals surface area contributed by atoms with E-state index in [0.717, 1.165) is 26.0 Å². The van der Waals surface area contributed by atoms with E-state index in [1.807, 2.05) is 44.2 Å². The van der Waals surface area contributed by atoms with Crippen LogP contribution in [-0.4, -0.2) is 21.0 Å². The van der Waals surface area contributed by atoms with Crippen LogP contribution in [0.1, 0.15) is 21.8 Å². The zero-order chi connectivity index (χ0) is 18.4. The number of rotatable bonds is 2. The summed E-state index contributed by atoms with van der Waals surface area (Å²) in [5.41, 5.74) is 1.33. The van der Waals surface area contributed by atoms with Crippen molar-refractivity contribution in [3.63, 3.8) is 0 Å². The van der Waals surface area contributed by atoms with Crippen LogP contribution in [0.3, 0.4) is 0 Å². The first kappa shape index (κ1) is 16.5. The summed E-state index contributed by atoms with van der Waals surface area (Å²) >= 11 is 1.52. The van der Waals surface area contributed by atoms with Gasteiger partial charge >= 0.3 is 0 Å². The van der Waals surface area contributed by atoms with Crippen LogP contribution in [0.2, 0.25) is 0 Å². The lowest BCUT2D eigenvalue weighted by Gasteiger charge is -2.06. The standard InChI is InChI=1S/C20H17N3O2S/c1-11-12(2)26-19-18(11)20(25)23(13(3)22-19)21-10-16-15-7-5-4-6-14(15)8-9-17(16)24/h4-10,24H,1-3H3/b21-10-. The van der Waals surface area contributed by atoms with Crippen molar-refractivity contribution in [1.82, 2.24) is 9.66 Å². The number of aromatic nitrogens is 2. The molecule has 0 saturated heterocycles. The highest BCUT2D eigenvalue weighted by atomic mass is 32.1. The lowest BCUT2D eigenvalue weighted by Crippen LogP contribution is -2.20. The normalized spacial score (nSPS) is 11.8. The summed E-state index contributed by atoms with van der Waals surface area (Å²) < 4.78 is 1.29. The maximum Gasteiger partial charge on any atom is 0.283 e. The Labute approximate surface area is 153 Å². The van der Waals surface area contributed by atoms with Crippen molar-refractivity contribution in [3.05, 3.63) is 68.6 Å². The van der Waals surface area contributed by atoms with Crippen molar-refractivity contribution in [3.8, 4) is 5.75 Å². The highest BCUT2D eigenvalue weighted by molar-refractivity contribution is 7.18. The molecule has 26 heavy (non-hydrogen) atoms. The Bertz CT molecular complexity index is 1250. The summed E-state index contributed by atoms with van der Waals surface area (Å²) in [6.07, 6.45) is 1.52. The number of fused-ring (bicyclic) bond motifs is 2. The monoisotopic (exact) mass is 363 g/mol. The fourth-order valence-corrected chi connectivity index (χ4v) is 4.12. The van der Waals surface area contributed by atoms with Crippen LogP contribution < -0.4 is 5.56 Å². The minimum Gasteiger partial charge on any atom is -0.507 e. The van der Waals surface area contributed by atoms with E-state index in [9.17, 15) is 9.90 Å². The molecule has 0 saturated carbocycles. The van der Waals surface area contributed by atoms with Gasteiger partial charge in [-0.05, 0) is 43.2 Å². The van der Waals surface area contributed by atoms with Crippen molar-refractivity contribution in [2.75, 3.05) is 0 Å². The van der Waals surface area contributed by atoms with E-state index in [4.69, 9.17) is 0 Å². The van der Waals surface area contributed by atoms with Gasteiger partial charge in [0, 0.05) is 10.4 Å². The van der Waals surface area contributed by atoms with Gasteiger partial charge < -0.3 is 5.11 Å². The van der Waals surface area contributed by atoms with Gasteiger partial charge in [0.1, 0.15) is 16.4 Å². The van der Waals surface area contributed by atoms with Gasteiger partial charge in [0.2, 0.25) is 0 Å². The Morgan fingerprint density at radius 3 is 2.73 bits per heavy atom. The lowest BCUT2D eigenvalue weighted by atomic mass is 10.0. The minimum absolute atomic E-state index is 0.120. The molecule has 0 fully saturated rings. The molecule has 0 aliphatic carbocycles. The predicted octanol–water partition coefficient (Wildman–Crippen LogP) is 4.12. The summed E-state index contributed by atoms with van der Waals surface area (Å²) in [6, 6.07) is 11.2. The van der Waals surface area contributed by atoms with Crippen LogP contribution in [0.5, 0.6) is 5.75 Å². The van der Waals surface area contributed by atoms with Crippen LogP contribution >= 0.6 is 11.3 Å². The maximum absolute atomic E-state index is 12.9. The Balaban J connectivity index is 1.92. The Morgan fingerprint density at radius 1 is 1.15 bits per heavy atom. The molecule has 1 N–H and O–H groups in total. The number of aryl methyl sites for hydroxylation is 3. The predicted molar refractivity (Wildman–Crippen MR) is 107 cm³/mol. The second-order valence-electron chi connectivity index (χ2n) is 6.20. The number of phenols is 1. The Morgan fingerprint density at radius 2 is 1.92 bits per heavy atom. The summed E-state index contributed by atoms with van der Waals surface area (Å²) in [5, 5.41) is 17.1. The second-order valence-corrected chi connectivity index (χ2v) is 7.41. The molecule has 0 atom stereocenters. The van der Waals surface area contributed by atoms with Crippen molar-refractivity contribution < 1.29 is 5.11 Å². The zero-order valence-corrected chi connectivity index (χ0v) is 15.5. The van der Waals surface area contributed by atoms with Crippen LogP contribution in [-0.2, 0) is 0 Å². The van der Waals surface area contributed by atoms with Crippen molar-refractivity contribution in [2.45, 2.75) is 20.8 Å². The zero-order valence-electron chi connectivity index (χ0n) is 14.6. The van der Waals surface area contributed by atoms with Crippen molar-refractivity contribution >= 4 is 38.5 Å². The van der Waals surface area contributed by atoms with Gasteiger partial charge in [0.15, 0.2) is 0 Å². The molecule has 5 nitrogen and oxygen atoms in total. The van der Waals surface area contributed by atoms with E-state index in [2.05, 4.69) is 10.1 Å². The third-order valence-corrected chi connectivity index (χ3v) is 5.69. The number of aromatic hydroxyl groups is 1. The topological polar surface area (TPSA) is 67.5 Å². The molecule has 0 aliphatic heterocycles. The SMILES string of the molecule is Cc1sc2nc(C)n(/N=C\c3c(O)ccc4ccccc34)c(=O)c2c1C. The van der Waals surface area contributed by atoms with Crippen LogP contribution in [0.25, 0.3) is 21.0 Å². The number of phenolic OH excluding ortho intramolecular Hbond substituents is 1. The molecule has 0 spiro atoms. The van der Waals surface area contributed by atoms with Crippen molar-refractivity contribution in [2.24, 2.45) is 5.10 Å². The first-order valence-electron chi connectivity index (χ1n) is 8.22. The van der Waals surface area contributed by atoms with Gasteiger partial charge in [-0.15, -0.1) is 11.3 Å². The molecule has 0 unspecified atom stereocenters. The van der Waals surface area contributed by atoms with Gasteiger partial charge in [-0.25, -0.2) is 4.98 Å². The molecule has 0 amide bonds. The van der Waals surface area contributed by atoms with E-state index in [0.29, 0.717) is 16.8 Å². The quantitative estimate of drug-likeness (QED) is 0.545. The van der Waals surface area contributed by atoms with Gasteiger partial charge in [-0.1, -0.05) is 30.3 Å². The molecule has 4 aromatic rings. The lowest BCUT2D eigenvalue weighted by molar-refractivity contribution is 0.475. The number of hydrogen-bond acceptors (Lipinski definition) is 5. The summed E-state index contributed by atoms with van der Waals surface area (Å²) in [6.45, 7) is 5.67. The van der Waals surface area contributed by atoms with Crippen LogP contribution in [0, 0.1) is 20.8 Å². The fourth-order valence-electron chi connectivity index (χ4n) is 3.06. The molecular formula is C20H17N3O2S. The third-order valence-electron chi connectivity index (χ3n) is 4.59. The molecule has 2 aromatic carbocycles. The Hall–Kier alpha value is -2.99. The molecule has 2 heterocycles. The van der Waals surface area contributed by atoms with E-state index >= 15 is 0 Å². The number of benzene rings is 2. The average Bonchev–Trinajstić information content (AvgIpc) is 2.90. The average molecular weight is 363 g/mol.